The van der Waals surface area contributed by atoms with Crippen molar-refractivity contribution in [2.24, 2.45) is 0 Å². The van der Waals surface area contributed by atoms with Crippen LogP contribution in [-0.4, -0.2) is 38.6 Å². The van der Waals surface area contributed by atoms with Gasteiger partial charge in [-0.05, 0) is 12.8 Å². The van der Waals surface area contributed by atoms with Crippen LogP contribution < -0.4 is 0 Å². The normalized spacial score (nSPS) is 33.1. The first kappa shape index (κ1) is 11.2. The number of ether oxygens (including phenoxy) is 1. The second-order valence-corrected chi connectivity index (χ2v) is 4.38. The van der Waals surface area contributed by atoms with Crippen molar-refractivity contribution in [1.29, 1.82) is 0 Å². The molecule has 3 atom stereocenters. The molecule has 0 bridgehead atoms. The molecule has 0 spiro atoms. The summed E-state index contributed by atoms with van der Waals surface area (Å²) in [4.78, 5) is 8.87. The van der Waals surface area contributed by atoms with E-state index in [1.165, 1.54) is 0 Å². The van der Waals surface area contributed by atoms with E-state index >= 15 is 0 Å². The standard InChI is InChI=1S/C6H12BO5P/c1-10-13(8,9)11-4-5-2-3-6(7)12-5/h5-6H,2-4H2,1H3,(H,8,9)/t5-,6+/m0/s1. The first-order valence-corrected chi connectivity index (χ1v) is 5.47. The van der Waals surface area contributed by atoms with Crippen LogP contribution in [0.2, 0.25) is 0 Å². The molecule has 0 aromatic heterocycles. The Hall–Kier alpha value is 0.135. The Morgan fingerprint density at radius 2 is 2.38 bits per heavy atom. The van der Waals surface area contributed by atoms with Gasteiger partial charge < -0.3 is 9.63 Å². The summed E-state index contributed by atoms with van der Waals surface area (Å²) in [6.07, 6.45) is 1.28. The van der Waals surface area contributed by atoms with Gasteiger partial charge in [0.2, 0.25) is 0 Å². The van der Waals surface area contributed by atoms with Crippen LogP contribution in [0.5, 0.6) is 0 Å². The Morgan fingerprint density at radius 3 is 2.85 bits per heavy atom. The van der Waals surface area contributed by atoms with E-state index in [0.717, 1.165) is 20.0 Å². The fraction of sp³-hybridized carbons (Fsp3) is 1.00. The summed E-state index contributed by atoms with van der Waals surface area (Å²) in [7, 11) is 2.70. The van der Waals surface area contributed by atoms with Crippen LogP contribution in [0.25, 0.3) is 0 Å². The Labute approximate surface area is 78.4 Å². The molecular formula is C6H12BO5P. The maximum Gasteiger partial charge on any atom is 0.472 e. The molecule has 0 saturated carbocycles. The van der Waals surface area contributed by atoms with Gasteiger partial charge in [0.25, 0.3) is 0 Å². The minimum absolute atomic E-state index is 0.0370. The third-order valence-electron chi connectivity index (χ3n) is 1.79. The molecule has 0 aromatic carbocycles. The maximum absolute atomic E-state index is 10.8. The summed E-state index contributed by atoms with van der Waals surface area (Å²) in [5.41, 5.74) is 0. The summed E-state index contributed by atoms with van der Waals surface area (Å²) >= 11 is 0. The van der Waals surface area contributed by atoms with Gasteiger partial charge in [0.15, 0.2) is 0 Å². The second-order valence-electron chi connectivity index (χ2n) is 2.82. The van der Waals surface area contributed by atoms with Crippen molar-refractivity contribution in [3.63, 3.8) is 0 Å². The van der Waals surface area contributed by atoms with Crippen molar-refractivity contribution in [2.45, 2.75) is 24.9 Å². The van der Waals surface area contributed by atoms with Gasteiger partial charge in [0.1, 0.15) is 7.85 Å². The SMILES string of the molecule is [B][C@H]1CC[C@@H](COP(=O)(O)OC)O1. The molecule has 1 fully saturated rings. The molecule has 74 valence electrons. The van der Waals surface area contributed by atoms with E-state index in [1.54, 1.807) is 0 Å². The molecule has 1 heterocycles. The van der Waals surface area contributed by atoms with Crippen molar-refractivity contribution in [1.82, 2.24) is 0 Å². The molecule has 5 nitrogen and oxygen atoms in total. The number of rotatable bonds is 4. The Morgan fingerprint density at radius 1 is 1.69 bits per heavy atom. The Kier molecular flexibility index (Phi) is 3.95. The quantitative estimate of drug-likeness (QED) is 0.533. The third-order valence-corrected chi connectivity index (χ3v) is 2.73. The van der Waals surface area contributed by atoms with Crippen molar-refractivity contribution in [2.75, 3.05) is 13.7 Å². The molecule has 0 aliphatic carbocycles. The van der Waals surface area contributed by atoms with Crippen LogP contribution >= 0.6 is 7.82 Å². The van der Waals surface area contributed by atoms with Crippen LogP contribution in [0, 0.1) is 0 Å². The largest absolute Gasteiger partial charge is 0.472 e. The minimum atomic E-state index is -3.87. The van der Waals surface area contributed by atoms with Crippen LogP contribution in [0.15, 0.2) is 0 Å². The van der Waals surface area contributed by atoms with Crippen molar-refractivity contribution >= 4 is 15.7 Å². The molecule has 1 saturated heterocycles. The highest BCUT2D eigenvalue weighted by atomic mass is 31.2. The molecule has 1 aliphatic heterocycles. The zero-order valence-corrected chi connectivity index (χ0v) is 8.28. The lowest BCUT2D eigenvalue weighted by molar-refractivity contribution is 0.0379. The molecule has 2 radical (unpaired) electrons. The van der Waals surface area contributed by atoms with Crippen molar-refractivity contribution in [3.8, 4) is 0 Å². The highest BCUT2D eigenvalue weighted by Crippen LogP contribution is 2.42. The molecule has 0 aromatic rings. The van der Waals surface area contributed by atoms with Crippen molar-refractivity contribution in [3.05, 3.63) is 0 Å². The summed E-state index contributed by atoms with van der Waals surface area (Å²) in [5.74, 6) is 0. The molecule has 1 N–H and O–H groups in total. The molecule has 1 aliphatic rings. The first-order valence-electron chi connectivity index (χ1n) is 3.97. The highest BCUT2D eigenvalue weighted by molar-refractivity contribution is 7.47. The zero-order chi connectivity index (χ0) is 9.90. The predicted octanol–water partition coefficient (Wildman–Crippen LogP) is 0.423. The molecule has 1 unspecified atom stereocenters. The topological polar surface area (TPSA) is 65.0 Å². The molecule has 7 heteroatoms. The summed E-state index contributed by atoms with van der Waals surface area (Å²) in [6.45, 7) is 0.0370. The molecule has 0 amide bonds. The van der Waals surface area contributed by atoms with E-state index in [1.807, 2.05) is 0 Å². The summed E-state index contributed by atoms with van der Waals surface area (Å²) < 4.78 is 24.9. The average Bonchev–Trinajstić information content (AvgIpc) is 2.48. The first-order chi connectivity index (χ1) is 6.03. The lowest BCUT2D eigenvalue weighted by atomic mass is 9.97. The van der Waals surface area contributed by atoms with Gasteiger partial charge in [-0.3, -0.25) is 9.05 Å². The van der Waals surface area contributed by atoms with Crippen LogP contribution in [0.3, 0.4) is 0 Å². The molecule has 13 heavy (non-hydrogen) atoms. The molecule has 1 rings (SSSR count). The van der Waals surface area contributed by atoms with Gasteiger partial charge in [-0.1, -0.05) is 0 Å². The monoisotopic (exact) mass is 206 g/mol. The number of hydrogen-bond acceptors (Lipinski definition) is 4. The number of phosphoric ester groups is 1. The maximum atomic E-state index is 10.8. The van der Waals surface area contributed by atoms with Gasteiger partial charge >= 0.3 is 7.82 Å². The van der Waals surface area contributed by atoms with E-state index in [0.29, 0.717) is 0 Å². The van der Waals surface area contributed by atoms with Gasteiger partial charge in [-0.15, -0.1) is 0 Å². The molecular weight excluding hydrogens is 194 g/mol. The smallest absolute Gasteiger partial charge is 0.382 e. The van der Waals surface area contributed by atoms with Crippen LogP contribution in [-0.2, 0) is 18.3 Å². The number of phosphoric acid groups is 1. The fourth-order valence-electron chi connectivity index (χ4n) is 1.09. The van der Waals surface area contributed by atoms with E-state index in [2.05, 4.69) is 9.05 Å². The fourth-order valence-corrected chi connectivity index (χ4v) is 1.55. The summed E-state index contributed by atoms with van der Waals surface area (Å²) in [6, 6.07) is -0.283. The van der Waals surface area contributed by atoms with E-state index in [-0.39, 0.29) is 18.7 Å². The lowest BCUT2D eigenvalue weighted by Gasteiger charge is -2.13. The van der Waals surface area contributed by atoms with Crippen molar-refractivity contribution < 1.29 is 23.2 Å². The Bertz CT molecular complexity index is 211. The van der Waals surface area contributed by atoms with E-state index in [9.17, 15) is 4.57 Å². The van der Waals surface area contributed by atoms with Gasteiger partial charge in [-0.2, -0.15) is 0 Å². The van der Waals surface area contributed by atoms with Gasteiger partial charge in [0, 0.05) is 13.1 Å². The number of hydrogen-bond donors (Lipinski definition) is 1. The van der Waals surface area contributed by atoms with Gasteiger partial charge in [-0.25, -0.2) is 4.57 Å². The lowest BCUT2D eigenvalue weighted by Crippen LogP contribution is -2.16. The Balaban J connectivity index is 2.23. The minimum Gasteiger partial charge on any atom is -0.382 e. The highest BCUT2D eigenvalue weighted by Gasteiger charge is 2.26. The average molecular weight is 206 g/mol. The predicted molar refractivity (Wildman–Crippen MR) is 46.4 cm³/mol. The van der Waals surface area contributed by atoms with E-state index in [4.69, 9.17) is 17.5 Å². The summed E-state index contributed by atoms with van der Waals surface area (Å²) in [5, 5.41) is 0. The van der Waals surface area contributed by atoms with Gasteiger partial charge in [0.05, 0.1) is 12.7 Å². The van der Waals surface area contributed by atoms with Crippen LogP contribution in [0.4, 0.5) is 0 Å². The van der Waals surface area contributed by atoms with E-state index < -0.39 is 7.82 Å². The zero-order valence-electron chi connectivity index (χ0n) is 7.38. The van der Waals surface area contributed by atoms with Crippen LogP contribution in [0.1, 0.15) is 12.8 Å². The third kappa shape index (κ3) is 3.79. The second kappa shape index (κ2) is 4.57.